The second-order valence-corrected chi connectivity index (χ2v) is 4.71. The molecule has 16 heavy (non-hydrogen) atoms. The lowest BCUT2D eigenvalue weighted by atomic mass is 10.0. The van der Waals surface area contributed by atoms with Crippen LogP contribution in [0.15, 0.2) is 12.7 Å². The van der Waals surface area contributed by atoms with E-state index in [-0.39, 0.29) is 11.2 Å². The largest absolute Gasteiger partial charge is 0.465 e. The molecule has 0 saturated heterocycles. The van der Waals surface area contributed by atoms with Crippen molar-refractivity contribution in [2.24, 2.45) is 5.92 Å². The summed E-state index contributed by atoms with van der Waals surface area (Å²) in [6.45, 7) is 8.42. The molecule has 2 unspecified atom stereocenters. The number of hydrogen-bond acceptors (Lipinski definition) is 3. The Bertz CT molecular complexity index is 204. The van der Waals surface area contributed by atoms with E-state index in [1.54, 1.807) is 6.08 Å². The van der Waals surface area contributed by atoms with Gasteiger partial charge in [-0.3, -0.25) is 4.79 Å². The molecular formula is C13H24O2S. The molecule has 0 aliphatic carbocycles. The van der Waals surface area contributed by atoms with Crippen molar-refractivity contribution in [1.82, 2.24) is 0 Å². The second-order valence-electron chi connectivity index (χ2n) is 4.09. The molecule has 0 amide bonds. The number of esters is 1. The predicted molar refractivity (Wildman–Crippen MR) is 71.9 cm³/mol. The smallest absolute Gasteiger partial charge is 0.319 e. The van der Waals surface area contributed by atoms with Crippen LogP contribution in [0.5, 0.6) is 0 Å². The van der Waals surface area contributed by atoms with Crippen LogP contribution in [-0.4, -0.2) is 17.8 Å². The topological polar surface area (TPSA) is 26.3 Å². The molecule has 2 nitrogen and oxygen atoms in total. The maximum absolute atomic E-state index is 11.5. The highest BCUT2D eigenvalue weighted by atomic mass is 32.1. The van der Waals surface area contributed by atoms with Gasteiger partial charge in [0, 0.05) is 0 Å². The van der Waals surface area contributed by atoms with Gasteiger partial charge < -0.3 is 4.74 Å². The number of hydrogen-bond donors (Lipinski definition) is 1. The molecule has 0 bridgehead atoms. The highest BCUT2D eigenvalue weighted by Crippen LogP contribution is 2.14. The molecule has 3 heteroatoms. The normalized spacial score (nSPS) is 14.2. The molecule has 2 atom stereocenters. The Morgan fingerprint density at radius 3 is 2.69 bits per heavy atom. The summed E-state index contributed by atoms with van der Waals surface area (Å²) in [7, 11) is 0. The minimum Gasteiger partial charge on any atom is -0.465 e. The van der Waals surface area contributed by atoms with E-state index in [0.717, 1.165) is 12.8 Å². The third kappa shape index (κ3) is 6.94. The SMILES string of the molecule is C=CCC(S)C(=O)OCC(CC)CCCC. The van der Waals surface area contributed by atoms with Crippen molar-refractivity contribution in [3.8, 4) is 0 Å². The van der Waals surface area contributed by atoms with Gasteiger partial charge in [0.2, 0.25) is 0 Å². The molecule has 0 saturated carbocycles. The Morgan fingerprint density at radius 1 is 1.50 bits per heavy atom. The summed E-state index contributed by atoms with van der Waals surface area (Å²) in [6.07, 6.45) is 6.84. The van der Waals surface area contributed by atoms with E-state index in [1.807, 2.05) is 0 Å². The van der Waals surface area contributed by atoms with Gasteiger partial charge in [-0.25, -0.2) is 0 Å². The van der Waals surface area contributed by atoms with Crippen molar-refractivity contribution in [2.75, 3.05) is 6.61 Å². The van der Waals surface area contributed by atoms with Crippen molar-refractivity contribution in [3.63, 3.8) is 0 Å². The van der Waals surface area contributed by atoms with E-state index in [9.17, 15) is 4.79 Å². The van der Waals surface area contributed by atoms with Gasteiger partial charge >= 0.3 is 5.97 Å². The molecule has 0 aromatic heterocycles. The monoisotopic (exact) mass is 244 g/mol. The zero-order chi connectivity index (χ0) is 12.4. The van der Waals surface area contributed by atoms with Gasteiger partial charge in [0.05, 0.1) is 6.61 Å². The van der Waals surface area contributed by atoms with Crippen LogP contribution in [0.3, 0.4) is 0 Å². The summed E-state index contributed by atoms with van der Waals surface area (Å²) in [5, 5.41) is -0.360. The molecule has 0 rings (SSSR count). The summed E-state index contributed by atoms with van der Waals surface area (Å²) < 4.78 is 5.24. The van der Waals surface area contributed by atoms with Gasteiger partial charge in [0.25, 0.3) is 0 Å². The van der Waals surface area contributed by atoms with Crippen LogP contribution >= 0.6 is 12.6 Å². The van der Waals surface area contributed by atoms with Gasteiger partial charge in [-0.05, 0) is 18.8 Å². The lowest BCUT2D eigenvalue weighted by Gasteiger charge is -2.16. The first kappa shape index (κ1) is 15.6. The number of unbranched alkanes of at least 4 members (excludes halogenated alkanes) is 1. The number of carbonyl (C=O) groups is 1. The van der Waals surface area contributed by atoms with Gasteiger partial charge in [-0.15, -0.1) is 6.58 Å². The lowest BCUT2D eigenvalue weighted by Crippen LogP contribution is -2.21. The van der Waals surface area contributed by atoms with Crippen molar-refractivity contribution < 1.29 is 9.53 Å². The maximum atomic E-state index is 11.5. The summed E-state index contributed by atoms with van der Waals surface area (Å²) in [4.78, 5) is 11.5. The van der Waals surface area contributed by atoms with Crippen molar-refractivity contribution in [3.05, 3.63) is 12.7 Å². The van der Waals surface area contributed by atoms with Crippen molar-refractivity contribution >= 4 is 18.6 Å². The molecule has 0 aromatic rings. The Morgan fingerprint density at radius 2 is 2.19 bits per heavy atom. The van der Waals surface area contributed by atoms with Crippen molar-refractivity contribution in [1.29, 1.82) is 0 Å². The zero-order valence-electron chi connectivity index (χ0n) is 10.4. The second kappa shape index (κ2) is 9.76. The summed E-state index contributed by atoms with van der Waals surface area (Å²) in [5.41, 5.74) is 0. The molecule has 0 aliphatic rings. The van der Waals surface area contributed by atoms with E-state index >= 15 is 0 Å². The van der Waals surface area contributed by atoms with E-state index in [0.29, 0.717) is 18.9 Å². The van der Waals surface area contributed by atoms with Gasteiger partial charge in [0.1, 0.15) is 5.25 Å². The summed E-state index contributed by atoms with van der Waals surface area (Å²) in [6, 6.07) is 0. The lowest BCUT2D eigenvalue weighted by molar-refractivity contribution is -0.144. The minimum atomic E-state index is -0.360. The third-order valence-electron chi connectivity index (χ3n) is 2.67. The Labute approximate surface area is 105 Å². The van der Waals surface area contributed by atoms with Crippen LogP contribution in [0.25, 0.3) is 0 Å². The fraction of sp³-hybridized carbons (Fsp3) is 0.769. The fourth-order valence-electron chi connectivity index (χ4n) is 1.45. The van der Waals surface area contributed by atoms with Crippen LogP contribution in [0.2, 0.25) is 0 Å². The molecule has 0 aliphatic heterocycles. The molecular weight excluding hydrogens is 220 g/mol. The first-order chi connectivity index (χ1) is 7.65. The van der Waals surface area contributed by atoms with Gasteiger partial charge in [0.15, 0.2) is 0 Å². The Kier molecular flexibility index (Phi) is 9.49. The molecule has 0 radical (unpaired) electrons. The van der Waals surface area contributed by atoms with Crippen LogP contribution in [-0.2, 0) is 9.53 Å². The fourth-order valence-corrected chi connectivity index (χ4v) is 1.67. The minimum absolute atomic E-state index is 0.224. The number of rotatable bonds is 9. The molecule has 0 aromatic carbocycles. The van der Waals surface area contributed by atoms with Gasteiger partial charge in [-0.2, -0.15) is 12.6 Å². The third-order valence-corrected chi connectivity index (χ3v) is 3.09. The highest BCUT2D eigenvalue weighted by molar-refractivity contribution is 7.81. The molecule has 0 N–H and O–H groups in total. The molecule has 0 spiro atoms. The van der Waals surface area contributed by atoms with E-state index in [4.69, 9.17) is 4.74 Å². The van der Waals surface area contributed by atoms with E-state index in [1.165, 1.54) is 12.8 Å². The van der Waals surface area contributed by atoms with E-state index < -0.39 is 0 Å². The number of thiol groups is 1. The number of carbonyl (C=O) groups excluding carboxylic acids is 1. The van der Waals surface area contributed by atoms with Crippen LogP contribution < -0.4 is 0 Å². The van der Waals surface area contributed by atoms with Crippen LogP contribution in [0.1, 0.15) is 46.0 Å². The molecule has 0 fully saturated rings. The predicted octanol–water partition coefficient (Wildman–Crippen LogP) is 3.62. The number of allylic oxidation sites excluding steroid dienone is 1. The molecule has 0 heterocycles. The maximum Gasteiger partial charge on any atom is 0.319 e. The standard InChI is InChI=1S/C13H24O2S/c1-4-7-9-11(6-3)10-15-13(14)12(16)8-5-2/h5,11-12,16H,2,4,6-10H2,1,3H3. The summed E-state index contributed by atoms with van der Waals surface area (Å²) in [5.74, 6) is 0.270. The van der Waals surface area contributed by atoms with Crippen molar-refractivity contribution in [2.45, 2.75) is 51.2 Å². The zero-order valence-corrected chi connectivity index (χ0v) is 11.3. The number of ether oxygens (including phenoxy) is 1. The molecule has 94 valence electrons. The van der Waals surface area contributed by atoms with E-state index in [2.05, 4.69) is 33.1 Å². The summed E-state index contributed by atoms with van der Waals surface area (Å²) >= 11 is 4.16. The van der Waals surface area contributed by atoms with Gasteiger partial charge in [-0.1, -0.05) is 39.2 Å². The first-order valence-electron chi connectivity index (χ1n) is 6.11. The quantitative estimate of drug-likeness (QED) is 0.381. The first-order valence-corrected chi connectivity index (χ1v) is 6.62. The average molecular weight is 244 g/mol. The van der Waals surface area contributed by atoms with Crippen LogP contribution in [0, 0.1) is 5.92 Å². The highest BCUT2D eigenvalue weighted by Gasteiger charge is 2.15. The van der Waals surface area contributed by atoms with Crippen LogP contribution in [0.4, 0.5) is 0 Å². The Hall–Kier alpha value is -0.440. The average Bonchev–Trinajstić information content (AvgIpc) is 2.29. The Balaban J connectivity index is 3.82.